The Morgan fingerprint density at radius 1 is 1.43 bits per heavy atom. The summed E-state index contributed by atoms with van der Waals surface area (Å²) < 4.78 is 0. The molecule has 0 aliphatic heterocycles. The van der Waals surface area contributed by atoms with Gasteiger partial charge in [-0.3, -0.25) is 4.79 Å². The number of carbonyl (C=O) groups is 1. The molecule has 0 fully saturated rings. The molecule has 0 aliphatic rings. The van der Waals surface area contributed by atoms with E-state index in [0.717, 1.165) is 5.69 Å². The molecule has 0 heterocycles. The predicted molar refractivity (Wildman–Crippen MR) is 58.1 cm³/mol. The lowest BCUT2D eigenvalue weighted by Crippen LogP contribution is -2.41. The minimum Gasteiger partial charge on any atom is -0.320 e. The van der Waals surface area contributed by atoms with E-state index in [9.17, 15) is 4.79 Å². The number of likely N-dealkylation sites (N-methyl/N-ethyl adjacent to an activating group) is 1. The standard InChI is InChI=1S/C11H16N2O/c1-3-10(12)11(14)13(2)9-7-5-4-6-8-9/h4-8,10H,3,12H2,1-2H3. The molecule has 1 aromatic carbocycles. The van der Waals surface area contributed by atoms with Crippen molar-refractivity contribution in [3.63, 3.8) is 0 Å². The van der Waals surface area contributed by atoms with Crippen LogP contribution in [0.1, 0.15) is 13.3 Å². The van der Waals surface area contributed by atoms with E-state index in [1.807, 2.05) is 37.3 Å². The maximum atomic E-state index is 11.7. The summed E-state index contributed by atoms with van der Waals surface area (Å²) in [4.78, 5) is 13.3. The van der Waals surface area contributed by atoms with Crippen LogP contribution >= 0.6 is 0 Å². The third-order valence-electron chi connectivity index (χ3n) is 2.23. The summed E-state index contributed by atoms with van der Waals surface area (Å²) in [6.45, 7) is 1.90. The second kappa shape index (κ2) is 4.77. The van der Waals surface area contributed by atoms with Crippen LogP contribution in [-0.4, -0.2) is 19.0 Å². The van der Waals surface area contributed by atoms with Crippen molar-refractivity contribution in [2.45, 2.75) is 19.4 Å². The summed E-state index contributed by atoms with van der Waals surface area (Å²) in [6, 6.07) is 9.09. The van der Waals surface area contributed by atoms with Crippen LogP contribution in [0.4, 0.5) is 5.69 Å². The Labute approximate surface area is 84.5 Å². The number of anilines is 1. The molecule has 0 spiro atoms. The summed E-state index contributed by atoms with van der Waals surface area (Å²) in [7, 11) is 1.74. The highest BCUT2D eigenvalue weighted by Crippen LogP contribution is 2.12. The maximum Gasteiger partial charge on any atom is 0.243 e. The van der Waals surface area contributed by atoms with E-state index < -0.39 is 6.04 Å². The van der Waals surface area contributed by atoms with E-state index in [-0.39, 0.29) is 5.91 Å². The molecule has 2 N–H and O–H groups in total. The largest absolute Gasteiger partial charge is 0.320 e. The number of carbonyl (C=O) groups excluding carboxylic acids is 1. The lowest BCUT2D eigenvalue weighted by atomic mass is 10.2. The Morgan fingerprint density at radius 3 is 2.50 bits per heavy atom. The van der Waals surface area contributed by atoms with Crippen LogP contribution in [0.25, 0.3) is 0 Å². The Morgan fingerprint density at radius 2 is 2.00 bits per heavy atom. The van der Waals surface area contributed by atoms with Gasteiger partial charge in [0.25, 0.3) is 0 Å². The number of benzene rings is 1. The Hall–Kier alpha value is -1.35. The second-order valence-corrected chi connectivity index (χ2v) is 3.25. The van der Waals surface area contributed by atoms with Crippen molar-refractivity contribution in [1.29, 1.82) is 0 Å². The lowest BCUT2D eigenvalue weighted by Gasteiger charge is -2.20. The lowest BCUT2D eigenvalue weighted by molar-refractivity contribution is -0.119. The molecule has 3 heteroatoms. The monoisotopic (exact) mass is 192 g/mol. The zero-order valence-electron chi connectivity index (χ0n) is 8.60. The predicted octanol–water partition coefficient (Wildman–Crippen LogP) is 1.39. The molecule has 0 saturated heterocycles. The van der Waals surface area contributed by atoms with E-state index in [4.69, 9.17) is 5.73 Å². The van der Waals surface area contributed by atoms with Gasteiger partial charge in [0.05, 0.1) is 6.04 Å². The molecule has 0 bridgehead atoms. The fraction of sp³-hybridized carbons (Fsp3) is 0.364. The summed E-state index contributed by atoms with van der Waals surface area (Å²) in [5, 5.41) is 0. The van der Waals surface area contributed by atoms with Gasteiger partial charge in [0.1, 0.15) is 0 Å². The quantitative estimate of drug-likeness (QED) is 0.786. The molecular formula is C11H16N2O. The summed E-state index contributed by atoms with van der Waals surface area (Å²) in [5.41, 5.74) is 6.54. The van der Waals surface area contributed by atoms with Gasteiger partial charge in [-0.2, -0.15) is 0 Å². The van der Waals surface area contributed by atoms with E-state index >= 15 is 0 Å². The summed E-state index contributed by atoms with van der Waals surface area (Å²) >= 11 is 0. The molecule has 14 heavy (non-hydrogen) atoms. The first-order valence-electron chi connectivity index (χ1n) is 4.75. The normalized spacial score (nSPS) is 12.2. The van der Waals surface area contributed by atoms with E-state index in [1.165, 1.54) is 0 Å². The molecule has 1 atom stereocenters. The van der Waals surface area contributed by atoms with Crippen molar-refractivity contribution in [2.75, 3.05) is 11.9 Å². The molecule has 1 rings (SSSR count). The van der Waals surface area contributed by atoms with Crippen LogP contribution in [0.15, 0.2) is 30.3 Å². The molecule has 3 nitrogen and oxygen atoms in total. The van der Waals surface area contributed by atoms with E-state index in [2.05, 4.69) is 0 Å². The minimum absolute atomic E-state index is 0.0429. The number of hydrogen-bond acceptors (Lipinski definition) is 2. The molecular weight excluding hydrogens is 176 g/mol. The number of nitrogens with two attached hydrogens (primary N) is 1. The first kappa shape index (κ1) is 10.7. The van der Waals surface area contributed by atoms with Gasteiger partial charge in [0.2, 0.25) is 5.91 Å². The number of para-hydroxylation sites is 1. The van der Waals surface area contributed by atoms with E-state index in [0.29, 0.717) is 6.42 Å². The number of rotatable bonds is 3. The first-order chi connectivity index (χ1) is 6.66. The summed E-state index contributed by atoms with van der Waals surface area (Å²) in [6.07, 6.45) is 0.663. The van der Waals surface area contributed by atoms with Crippen molar-refractivity contribution in [1.82, 2.24) is 0 Å². The molecule has 1 aromatic rings. The Balaban J connectivity index is 2.76. The van der Waals surface area contributed by atoms with Crippen molar-refractivity contribution >= 4 is 11.6 Å². The van der Waals surface area contributed by atoms with Gasteiger partial charge in [-0.25, -0.2) is 0 Å². The molecule has 0 aliphatic carbocycles. The minimum atomic E-state index is -0.403. The third-order valence-corrected chi connectivity index (χ3v) is 2.23. The number of amides is 1. The highest BCUT2D eigenvalue weighted by molar-refractivity contribution is 5.96. The van der Waals surface area contributed by atoms with E-state index in [1.54, 1.807) is 11.9 Å². The SMILES string of the molecule is CCC(N)C(=O)N(C)c1ccccc1. The average Bonchev–Trinajstić information content (AvgIpc) is 2.27. The highest BCUT2D eigenvalue weighted by Gasteiger charge is 2.16. The Bertz CT molecular complexity index is 297. The zero-order chi connectivity index (χ0) is 10.6. The van der Waals surface area contributed by atoms with Crippen molar-refractivity contribution in [3.05, 3.63) is 30.3 Å². The molecule has 1 unspecified atom stereocenters. The second-order valence-electron chi connectivity index (χ2n) is 3.25. The van der Waals surface area contributed by atoms with Crippen LogP contribution < -0.4 is 10.6 Å². The Kier molecular flexibility index (Phi) is 3.65. The summed E-state index contributed by atoms with van der Waals surface area (Å²) in [5.74, 6) is -0.0429. The molecule has 1 amide bonds. The number of nitrogens with zero attached hydrogens (tertiary/aromatic N) is 1. The van der Waals surface area contributed by atoms with Crippen molar-refractivity contribution < 1.29 is 4.79 Å². The molecule has 0 aromatic heterocycles. The van der Waals surface area contributed by atoms with Gasteiger partial charge >= 0.3 is 0 Å². The van der Waals surface area contributed by atoms with Crippen LogP contribution in [0, 0.1) is 0 Å². The molecule has 0 radical (unpaired) electrons. The van der Waals surface area contributed by atoms with Crippen molar-refractivity contribution in [2.24, 2.45) is 5.73 Å². The fourth-order valence-corrected chi connectivity index (χ4v) is 1.20. The zero-order valence-corrected chi connectivity index (χ0v) is 8.60. The third kappa shape index (κ3) is 2.33. The van der Waals surface area contributed by atoms with Gasteiger partial charge in [0, 0.05) is 12.7 Å². The van der Waals surface area contributed by atoms with Crippen LogP contribution in [0.2, 0.25) is 0 Å². The van der Waals surface area contributed by atoms with Crippen LogP contribution in [0.3, 0.4) is 0 Å². The van der Waals surface area contributed by atoms with Crippen molar-refractivity contribution in [3.8, 4) is 0 Å². The van der Waals surface area contributed by atoms with Gasteiger partial charge in [-0.1, -0.05) is 25.1 Å². The van der Waals surface area contributed by atoms with Crippen LogP contribution in [-0.2, 0) is 4.79 Å². The average molecular weight is 192 g/mol. The van der Waals surface area contributed by atoms with Crippen LogP contribution in [0.5, 0.6) is 0 Å². The highest BCUT2D eigenvalue weighted by atomic mass is 16.2. The topological polar surface area (TPSA) is 46.3 Å². The smallest absolute Gasteiger partial charge is 0.243 e. The molecule has 76 valence electrons. The molecule has 0 saturated carbocycles. The van der Waals surface area contributed by atoms with Gasteiger partial charge in [0.15, 0.2) is 0 Å². The number of hydrogen-bond donors (Lipinski definition) is 1. The fourth-order valence-electron chi connectivity index (χ4n) is 1.20. The van der Waals surface area contributed by atoms with Gasteiger partial charge in [-0.15, -0.1) is 0 Å². The maximum absolute atomic E-state index is 11.7. The van der Waals surface area contributed by atoms with Gasteiger partial charge in [-0.05, 0) is 18.6 Å². The first-order valence-corrected chi connectivity index (χ1v) is 4.75. The van der Waals surface area contributed by atoms with Gasteiger partial charge < -0.3 is 10.6 Å².